The van der Waals surface area contributed by atoms with E-state index in [1.54, 1.807) is 28.2 Å². The maximum absolute atomic E-state index is 12.6. The molecule has 0 spiro atoms. The first kappa shape index (κ1) is 16.5. The van der Waals surface area contributed by atoms with Crippen LogP contribution in [0.3, 0.4) is 0 Å². The maximum Gasteiger partial charge on any atom is 0.244 e. The zero-order chi connectivity index (χ0) is 15.6. The van der Waals surface area contributed by atoms with Crippen LogP contribution in [0.25, 0.3) is 0 Å². The maximum atomic E-state index is 12.6. The third-order valence-electron chi connectivity index (χ3n) is 3.84. The molecule has 6 nitrogen and oxygen atoms in total. The van der Waals surface area contributed by atoms with Gasteiger partial charge in [-0.15, -0.1) is 0 Å². The predicted octanol–water partition coefficient (Wildman–Crippen LogP) is 0.480. The molecule has 1 aromatic rings. The third-order valence-corrected chi connectivity index (χ3v) is 5.70. The van der Waals surface area contributed by atoms with E-state index in [9.17, 15) is 13.5 Å². The Bertz CT molecular complexity index is 572. The van der Waals surface area contributed by atoms with Gasteiger partial charge in [0.05, 0.1) is 6.61 Å². The number of aliphatic hydroxyl groups is 1. The minimum atomic E-state index is -3.45. The van der Waals surface area contributed by atoms with Gasteiger partial charge in [0, 0.05) is 51.7 Å². The van der Waals surface area contributed by atoms with Crippen molar-refractivity contribution < 1.29 is 13.5 Å². The molecule has 7 heteroatoms. The van der Waals surface area contributed by atoms with Gasteiger partial charge in [-0.2, -0.15) is 4.31 Å². The van der Waals surface area contributed by atoms with Crippen LogP contribution in [0, 0.1) is 5.92 Å². The minimum absolute atomic E-state index is 0.159. The number of aliphatic hydroxyl groups excluding tert-OH is 1. The molecule has 2 heterocycles. The van der Waals surface area contributed by atoms with Crippen LogP contribution in [0.5, 0.6) is 0 Å². The SMILES string of the molecule is CC(C)CN1CCN(S(=O)(=O)c2cc(CO)n(C)c2)CC1. The highest BCUT2D eigenvalue weighted by Crippen LogP contribution is 2.20. The zero-order valence-electron chi connectivity index (χ0n) is 13.0. The van der Waals surface area contributed by atoms with E-state index in [1.807, 2.05) is 0 Å². The van der Waals surface area contributed by atoms with Gasteiger partial charge in [-0.25, -0.2) is 8.42 Å². The molecule has 0 amide bonds. The number of hydrogen-bond acceptors (Lipinski definition) is 4. The highest BCUT2D eigenvalue weighted by atomic mass is 32.2. The summed E-state index contributed by atoms with van der Waals surface area (Å²) in [7, 11) is -1.71. The number of hydrogen-bond donors (Lipinski definition) is 1. The first-order valence-electron chi connectivity index (χ1n) is 7.33. The summed E-state index contributed by atoms with van der Waals surface area (Å²) < 4.78 is 28.4. The minimum Gasteiger partial charge on any atom is -0.390 e. The highest BCUT2D eigenvalue weighted by molar-refractivity contribution is 7.89. The fourth-order valence-electron chi connectivity index (χ4n) is 2.69. The van der Waals surface area contributed by atoms with E-state index in [-0.39, 0.29) is 11.5 Å². The highest BCUT2D eigenvalue weighted by Gasteiger charge is 2.29. The van der Waals surface area contributed by atoms with Gasteiger partial charge in [0.1, 0.15) is 4.90 Å². The smallest absolute Gasteiger partial charge is 0.244 e. The van der Waals surface area contributed by atoms with Gasteiger partial charge in [-0.05, 0) is 12.0 Å². The van der Waals surface area contributed by atoms with E-state index in [1.165, 1.54) is 0 Å². The van der Waals surface area contributed by atoms with E-state index in [0.717, 1.165) is 19.6 Å². The Morgan fingerprint density at radius 1 is 1.24 bits per heavy atom. The summed E-state index contributed by atoms with van der Waals surface area (Å²) in [6, 6.07) is 1.55. The normalized spacial score (nSPS) is 18.5. The van der Waals surface area contributed by atoms with Crippen LogP contribution < -0.4 is 0 Å². The van der Waals surface area contributed by atoms with Crippen LogP contribution in [0.2, 0.25) is 0 Å². The monoisotopic (exact) mass is 315 g/mol. The van der Waals surface area contributed by atoms with E-state index in [4.69, 9.17) is 0 Å². The average Bonchev–Trinajstić information content (AvgIpc) is 2.80. The summed E-state index contributed by atoms with van der Waals surface area (Å²) in [4.78, 5) is 2.58. The van der Waals surface area contributed by atoms with Crippen LogP contribution in [0.4, 0.5) is 0 Å². The van der Waals surface area contributed by atoms with E-state index in [0.29, 0.717) is 24.7 Å². The molecule has 0 atom stereocenters. The topological polar surface area (TPSA) is 65.8 Å². The zero-order valence-corrected chi connectivity index (χ0v) is 13.8. The molecule has 120 valence electrons. The summed E-state index contributed by atoms with van der Waals surface area (Å²) in [5, 5.41) is 9.19. The molecule has 0 aliphatic carbocycles. The number of piperazine rings is 1. The molecule has 1 fully saturated rings. The van der Waals surface area contributed by atoms with Crippen molar-refractivity contribution in [2.45, 2.75) is 25.3 Å². The van der Waals surface area contributed by atoms with Gasteiger partial charge >= 0.3 is 0 Å². The summed E-state index contributed by atoms with van der Waals surface area (Å²) in [6.45, 7) is 7.79. The van der Waals surface area contributed by atoms with E-state index in [2.05, 4.69) is 18.7 Å². The molecular weight excluding hydrogens is 290 g/mol. The lowest BCUT2D eigenvalue weighted by atomic mass is 10.2. The summed E-state index contributed by atoms with van der Waals surface area (Å²) >= 11 is 0. The van der Waals surface area contributed by atoms with E-state index < -0.39 is 10.0 Å². The molecular formula is C14H25N3O3S. The van der Waals surface area contributed by atoms with Crippen molar-refractivity contribution in [2.75, 3.05) is 32.7 Å². The lowest BCUT2D eigenvalue weighted by Gasteiger charge is -2.34. The Morgan fingerprint density at radius 2 is 1.86 bits per heavy atom. The van der Waals surface area contributed by atoms with Crippen molar-refractivity contribution >= 4 is 10.0 Å². The second kappa shape index (κ2) is 6.48. The molecule has 2 rings (SSSR count). The van der Waals surface area contributed by atoms with Gasteiger partial charge in [-0.3, -0.25) is 0 Å². The van der Waals surface area contributed by atoms with Gasteiger partial charge < -0.3 is 14.6 Å². The number of aryl methyl sites for hydroxylation is 1. The molecule has 1 aliphatic rings. The van der Waals surface area contributed by atoms with Gasteiger partial charge in [0.2, 0.25) is 10.0 Å². The quantitative estimate of drug-likeness (QED) is 0.858. The molecule has 1 saturated heterocycles. The standard InChI is InChI=1S/C14H25N3O3S/c1-12(2)9-16-4-6-17(7-5-16)21(19,20)14-8-13(11-18)15(3)10-14/h8,10,12,18H,4-7,9,11H2,1-3H3. The van der Waals surface area contributed by atoms with Crippen LogP contribution >= 0.6 is 0 Å². The van der Waals surface area contributed by atoms with Crippen LogP contribution in [0.15, 0.2) is 17.2 Å². The Hall–Kier alpha value is -0.890. The number of nitrogens with zero attached hydrogens (tertiary/aromatic N) is 3. The van der Waals surface area contributed by atoms with Crippen LogP contribution in [-0.4, -0.2) is 60.0 Å². The Kier molecular flexibility index (Phi) is 5.08. The molecule has 0 aromatic carbocycles. The first-order chi connectivity index (χ1) is 9.84. The van der Waals surface area contributed by atoms with Gasteiger partial charge in [-0.1, -0.05) is 13.8 Å². The second-order valence-electron chi connectivity index (χ2n) is 6.03. The number of rotatable bonds is 5. The summed E-state index contributed by atoms with van der Waals surface area (Å²) in [5.74, 6) is 0.592. The molecule has 0 saturated carbocycles. The van der Waals surface area contributed by atoms with Crippen molar-refractivity contribution in [3.63, 3.8) is 0 Å². The third kappa shape index (κ3) is 3.66. The average molecular weight is 315 g/mol. The fraction of sp³-hybridized carbons (Fsp3) is 0.714. The molecule has 1 N–H and O–H groups in total. The van der Waals surface area contributed by atoms with Crippen molar-refractivity contribution in [3.8, 4) is 0 Å². The largest absolute Gasteiger partial charge is 0.390 e. The van der Waals surface area contributed by atoms with Gasteiger partial charge in [0.25, 0.3) is 0 Å². The molecule has 0 bridgehead atoms. The molecule has 0 unspecified atom stereocenters. The lowest BCUT2D eigenvalue weighted by molar-refractivity contribution is 0.172. The van der Waals surface area contributed by atoms with Crippen molar-refractivity contribution in [1.29, 1.82) is 0 Å². The predicted molar refractivity (Wildman–Crippen MR) is 81.4 cm³/mol. The fourth-order valence-corrected chi connectivity index (χ4v) is 4.21. The molecule has 1 aromatic heterocycles. The van der Waals surface area contributed by atoms with Crippen molar-refractivity contribution in [3.05, 3.63) is 18.0 Å². The lowest BCUT2D eigenvalue weighted by Crippen LogP contribution is -2.49. The van der Waals surface area contributed by atoms with Gasteiger partial charge in [0.15, 0.2) is 0 Å². The molecule has 1 aliphatic heterocycles. The number of sulfonamides is 1. The first-order valence-corrected chi connectivity index (χ1v) is 8.77. The Morgan fingerprint density at radius 3 is 2.33 bits per heavy atom. The summed E-state index contributed by atoms with van der Waals surface area (Å²) in [5.41, 5.74) is 0.604. The Labute approximate surface area is 127 Å². The summed E-state index contributed by atoms with van der Waals surface area (Å²) in [6.07, 6.45) is 1.57. The molecule has 0 radical (unpaired) electrons. The van der Waals surface area contributed by atoms with Crippen LogP contribution in [-0.2, 0) is 23.7 Å². The van der Waals surface area contributed by atoms with Crippen molar-refractivity contribution in [2.24, 2.45) is 13.0 Å². The van der Waals surface area contributed by atoms with Crippen molar-refractivity contribution in [1.82, 2.24) is 13.8 Å². The Balaban J connectivity index is 2.07. The van der Waals surface area contributed by atoms with E-state index >= 15 is 0 Å². The second-order valence-corrected chi connectivity index (χ2v) is 7.97. The number of aromatic nitrogens is 1. The van der Waals surface area contributed by atoms with Crippen LogP contribution in [0.1, 0.15) is 19.5 Å². The molecule has 21 heavy (non-hydrogen) atoms.